The quantitative estimate of drug-likeness (QED) is 0.529. The Labute approximate surface area is 143 Å². The molecule has 22 heavy (non-hydrogen) atoms. The molecule has 0 spiro atoms. The summed E-state index contributed by atoms with van der Waals surface area (Å²) < 4.78 is 13.2. The number of ether oxygens (including phenoxy) is 2. The number of rotatable bonds is 8. The molecule has 2 rings (SSSR count). The maximum atomic E-state index is 6.09. The van der Waals surface area contributed by atoms with Crippen molar-refractivity contribution < 1.29 is 9.47 Å². The highest BCUT2D eigenvalue weighted by Gasteiger charge is 2.24. The molecule has 0 aromatic heterocycles. The Balaban J connectivity index is 2.26. The zero-order valence-electron chi connectivity index (χ0n) is 14.2. The van der Waals surface area contributed by atoms with Crippen LogP contribution in [0.3, 0.4) is 0 Å². The first-order valence-electron chi connectivity index (χ1n) is 8.77. The van der Waals surface area contributed by atoms with Gasteiger partial charge in [0.25, 0.3) is 0 Å². The van der Waals surface area contributed by atoms with Crippen molar-refractivity contribution in [2.75, 3.05) is 13.2 Å². The highest BCUT2D eigenvalue weighted by atomic mass is 79.9. The van der Waals surface area contributed by atoms with Crippen molar-refractivity contribution in [3.63, 3.8) is 0 Å². The van der Waals surface area contributed by atoms with Gasteiger partial charge in [0.1, 0.15) is 11.5 Å². The van der Waals surface area contributed by atoms with Gasteiger partial charge in [-0.1, -0.05) is 33.6 Å². The molecule has 0 radical (unpaired) electrons. The molecule has 3 heteroatoms. The lowest BCUT2D eigenvalue weighted by Gasteiger charge is -2.27. The van der Waals surface area contributed by atoms with Gasteiger partial charge in [0, 0.05) is 11.1 Å². The van der Waals surface area contributed by atoms with E-state index < -0.39 is 0 Å². The van der Waals surface area contributed by atoms with Crippen molar-refractivity contribution in [1.82, 2.24) is 0 Å². The van der Waals surface area contributed by atoms with E-state index >= 15 is 0 Å². The predicted octanol–water partition coefficient (Wildman–Crippen LogP) is 5.93. The summed E-state index contributed by atoms with van der Waals surface area (Å²) in [6.07, 6.45) is 7.98. The van der Waals surface area contributed by atoms with Crippen molar-refractivity contribution in [3.8, 4) is 11.5 Å². The maximum Gasteiger partial charge on any atom is 0.137 e. The van der Waals surface area contributed by atoms with Gasteiger partial charge >= 0.3 is 0 Å². The zero-order chi connectivity index (χ0) is 15.9. The molecule has 0 heterocycles. The standard InChI is InChI=1S/C19H29BrO2/c1-4-6-10-21-18-13-17(20)19(22-11-7-5-2)15-9-8-14(3)12-16(15)18/h13-14H,4-12H2,1-3H3. The molecule has 0 N–H and O–H groups in total. The molecule has 0 bridgehead atoms. The van der Waals surface area contributed by atoms with Crippen LogP contribution in [0.25, 0.3) is 0 Å². The summed E-state index contributed by atoms with van der Waals surface area (Å²) in [7, 11) is 0. The lowest BCUT2D eigenvalue weighted by atomic mass is 9.84. The Hall–Kier alpha value is -0.700. The number of benzene rings is 1. The maximum absolute atomic E-state index is 6.09. The fourth-order valence-corrected chi connectivity index (χ4v) is 3.52. The molecular weight excluding hydrogens is 340 g/mol. The summed E-state index contributed by atoms with van der Waals surface area (Å²) in [6.45, 7) is 8.33. The van der Waals surface area contributed by atoms with Crippen LogP contribution in [0.15, 0.2) is 10.5 Å². The normalized spacial score (nSPS) is 17.2. The van der Waals surface area contributed by atoms with Gasteiger partial charge in [-0.05, 0) is 60.0 Å². The number of unbranched alkanes of at least 4 members (excludes halogenated alkanes) is 2. The van der Waals surface area contributed by atoms with Gasteiger partial charge in [0.05, 0.1) is 17.7 Å². The summed E-state index contributed by atoms with van der Waals surface area (Å²) in [4.78, 5) is 0. The number of fused-ring (bicyclic) bond motifs is 1. The fourth-order valence-electron chi connectivity index (χ4n) is 2.96. The second-order valence-electron chi connectivity index (χ2n) is 6.39. The number of hydrogen-bond acceptors (Lipinski definition) is 2. The van der Waals surface area contributed by atoms with Crippen LogP contribution in [0.5, 0.6) is 11.5 Å². The summed E-state index contributed by atoms with van der Waals surface area (Å²) in [6, 6.07) is 2.12. The zero-order valence-corrected chi connectivity index (χ0v) is 15.8. The third kappa shape index (κ3) is 4.41. The largest absolute Gasteiger partial charge is 0.493 e. The highest BCUT2D eigenvalue weighted by Crippen LogP contribution is 2.43. The second kappa shape index (κ2) is 8.81. The molecule has 0 fully saturated rings. The van der Waals surface area contributed by atoms with E-state index in [1.165, 1.54) is 17.5 Å². The van der Waals surface area contributed by atoms with Gasteiger partial charge in [-0.2, -0.15) is 0 Å². The minimum Gasteiger partial charge on any atom is -0.493 e. The van der Waals surface area contributed by atoms with Crippen LogP contribution in [-0.2, 0) is 12.8 Å². The number of halogens is 1. The monoisotopic (exact) mass is 368 g/mol. The summed E-state index contributed by atoms with van der Waals surface area (Å²) in [5, 5.41) is 0. The van der Waals surface area contributed by atoms with Crippen LogP contribution in [0, 0.1) is 5.92 Å². The Kier molecular flexibility index (Phi) is 7.07. The van der Waals surface area contributed by atoms with E-state index in [2.05, 4.69) is 42.8 Å². The average molecular weight is 369 g/mol. The predicted molar refractivity (Wildman–Crippen MR) is 96.1 cm³/mol. The van der Waals surface area contributed by atoms with Crippen molar-refractivity contribution in [2.45, 2.75) is 65.7 Å². The molecule has 1 aromatic rings. The molecule has 124 valence electrons. The molecule has 0 saturated carbocycles. The molecule has 0 aliphatic heterocycles. The summed E-state index contributed by atoms with van der Waals surface area (Å²) in [5.74, 6) is 2.84. The molecule has 1 atom stereocenters. The summed E-state index contributed by atoms with van der Waals surface area (Å²) in [5.41, 5.74) is 2.75. The van der Waals surface area contributed by atoms with E-state index in [9.17, 15) is 0 Å². The third-order valence-corrected chi connectivity index (χ3v) is 4.94. The van der Waals surface area contributed by atoms with Crippen LogP contribution < -0.4 is 9.47 Å². The summed E-state index contributed by atoms with van der Waals surface area (Å²) >= 11 is 3.70. The van der Waals surface area contributed by atoms with E-state index in [0.717, 1.165) is 73.6 Å². The third-order valence-electron chi connectivity index (χ3n) is 4.35. The first-order chi connectivity index (χ1) is 10.7. The Bertz CT molecular complexity index is 485. The van der Waals surface area contributed by atoms with Gasteiger partial charge in [-0.3, -0.25) is 0 Å². The van der Waals surface area contributed by atoms with E-state index in [0.29, 0.717) is 0 Å². The topological polar surface area (TPSA) is 18.5 Å². The van der Waals surface area contributed by atoms with Crippen LogP contribution >= 0.6 is 15.9 Å². The second-order valence-corrected chi connectivity index (χ2v) is 7.25. The van der Waals surface area contributed by atoms with Crippen molar-refractivity contribution in [1.29, 1.82) is 0 Å². The fraction of sp³-hybridized carbons (Fsp3) is 0.684. The van der Waals surface area contributed by atoms with Gasteiger partial charge in [0.15, 0.2) is 0 Å². The molecule has 1 unspecified atom stereocenters. The minimum atomic E-state index is 0.727. The van der Waals surface area contributed by atoms with Crippen LogP contribution in [0.1, 0.15) is 64.0 Å². The van der Waals surface area contributed by atoms with Crippen LogP contribution in [0.2, 0.25) is 0 Å². The van der Waals surface area contributed by atoms with Crippen LogP contribution in [-0.4, -0.2) is 13.2 Å². The van der Waals surface area contributed by atoms with Crippen molar-refractivity contribution >= 4 is 15.9 Å². The first-order valence-corrected chi connectivity index (χ1v) is 9.56. The smallest absolute Gasteiger partial charge is 0.137 e. The van der Waals surface area contributed by atoms with E-state index in [1.807, 2.05) is 0 Å². The van der Waals surface area contributed by atoms with Crippen molar-refractivity contribution in [2.24, 2.45) is 5.92 Å². The molecule has 1 aliphatic rings. The average Bonchev–Trinajstić information content (AvgIpc) is 2.50. The molecule has 1 aromatic carbocycles. The Morgan fingerprint density at radius 2 is 1.77 bits per heavy atom. The van der Waals surface area contributed by atoms with Gasteiger partial charge in [-0.25, -0.2) is 0 Å². The van der Waals surface area contributed by atoms with E-state index in [4.69, 9.17) is 9.47 Å². The minimum absolute atomic E-state index is 0.727. The first kappa shape index (κ1) is 17.7. The van der Waals surface area contributed by atoms with Gasteiger partial charge in [0.2, 0.25) is 0 Å². The highest BCUT2D eigenvalue weighted by molar-refractivity contribution is 9.10. The Morgan fingerprint density at radius 1 is 1.09 bits per heavy atom. The molecule has 2 nitrogen and oxygen atoms in total. The van der Waals surface area contributed by atoms with Gasteiger partial charge in [-0.15, -0.1) is 0 Å². The number of hydrogen-bond donors (Lipinski definition) is 0. The van der Waals surface area contributed by atoms with Crippen LogP contribution in [0.4, 0.5) is 0 Å². The van der Waals surface area contributed by atoms with Crippen molar-refractivity contribution in [3.05, 3.63) is 21.7 Å². The SMILES string of the molecule is CCCCOc1cc(Br)c(OCCCC)c2c1CC(C)CC2. The molecular formula is C19H29BrO2. The van der Waals surface area contributed by atoms with E-state index in [1.54, 1.807) is 0 Å². The molecule has 1 aliphatic carbocycles. The lowest BCUT2D eigenvalue weighted by Crippen LogP contribution is -2.15. The van der Waals surface area contributed by atoms with Gasteiger partial charge < -0.3 is 9.47 Å². The Morgan fingerprint density at radius 3 is 2.45 bits per heavy atom. The molecule has 0 saturated heterocycles. The van der Waals surface area contributed by atoms with E-state index in [-0.39, 0.29) is 0 Å². The lowest BCUT2D eigenvalue weighted by molar-refractivity contribution is 0.288. The molecule has 0 amide bonds.